The van der Waals surface area contributed by atoms with Crippen LogP contribution in [0.2, 0.25) is 0 Å². The van der Waals surface area contributed by atoms with Gasteiger partial charge in [-0.25, -0.2) is 9.67 Å². The summed E-state index contributed by atoms with van der Waals surface area (Å²) in [7, 11) is 0. The fourth-order valence-corrected chi connectivity index (χ4v) is 3.88. The highest BCUT2D eigenvalue weighted by atomic mass is 32.1. The van der Waals surface area contributed by atoms with E-state index in [1.807, 2.05) is 51.1 Å². The first kappa shape index (κ1) is 22.8. The first-order chi connectivity index (χ1) is 15.0. The van der Waals surface area contributed by atoms with Crippen molar-refractivity contribution in [3.05, 3.63) is 52.8 Å². The molecule has 0 aliphatic carbocycles. The Bertz CT molecular complexity index is 1060. The van der Waals surface area contributed by atoms with E-state index in [0.717, 1.165) is 10.4 Å². The van der Waals surface area contributed by atoms with Crippen LogP contribution < -0.4 is 16.2 Å². The van der Waals surface area contributed by atoms with Crippen LogP contribution in [0.3, 0.4) is 0 Å². The molecule has 0 saturated heterocycles. The standard InChI is InChI=1S/C22H27N5O3S/c1-4-30-13-12-23-14-18(28)24-22-25-20(16-8-6-5-7-9-16)21(31-22)17-10-11-19(29)27(26-17)15(2)3/h5-11,15,23H,4,12-14H2,1-3H3,(H,24,25,28). The summed E-state index contributed by atoms with van der Waals surface area (Å²) in [5.41, 5.74) is 2.11. The van der Waals surface area contributed by atoms with Gasteiger partial charge in [-0.05, 0) is 26.8 Å². The van der Waals surface area contributed by atoms with Crippen molar-refractivity contribution in [3.8, 4) is 21.8 Å². The zero-order valence-corrected chi connectivity index (χ0v) is 18.7. The molecule has 8 nitrogen and oxygen atoms in total. The van der Waals surface area contributed by atoms with Gasteiger partial charge in [0.05, 0.1) is 29.8 Å². The maximum atomic E-state index is 12.3. The maximum Gasteiger partial charge on any atom is 0.267 e. The van der Waals surface area contributed by atoms with Crippen LogP contribution >= 0.6 is 11.3 Å². The second-order valence-corrected chi connectivity index (χ2v) is 8.08. The largest absolute Gasteiger partial charge is 0.380 e. The highest BCUT2D eigenvalue weighted by Crippen LogP contribution is 2.37. The smallest absolute Gasteiger partial charge is 0.267 e. The predicted molar refractivity (Wildman–Crippen MR) is 123 cm³/mol. The molecule has 2 N–H and O–H groups in total. The molecule has 2 aromatic heterocycles. The van der Waals surface area contributed by atoms with Gasteiger partial charge in [-0.2, -0.15) is 5.10 Å². The Kier molecular flexibility index (Phi) is 8.05. The van der Waals surface area contributed by atoms with Gasteiger partial charge in [-0.3, -0.25) is 9.59 Å². The number of carbonyl (C=O) groups excluding carboxylic acids is 1. The van der Waals surface area contributed by atoms with Gasteiger partial charge in [0.15, 0.2) is 5.13 Å². The Hall–Kier alpha value is -2.88. The van der Waals surface area contributed by atoms with Gasteiger partial charge in [0.2, 0.25) is 5.91 Å². The Labute approximate surface area is 185 Å². The van der Waals surface area contributed by atoms with Crippen LogP contribution in [-0.4, -0.2) is 47.0 Å². The van der Waals surface area contributed by atoms with E-state index >= 15 is 0 Å². The second kappa shape index (κ2) is 10.9. The van der Waals surface area contributed by atoms with Crippen LogP contribution in [0.25, 0.3) is 21.8 Å². The molecule has 0 saturated carbocycles. The van der Waals surface area contributed by atoms with E-state index in [9.17, 15) is 9.59 Å². The number of nitrogens with zero attached hydrogens (tertiary/aromatic N) is 3. The molecule has 2 heterocycles. The van der Waals surface area contributed by atoms with E-state index in [4.69, 9.17) is 4.74 Å². The van der Waals surface area contributed by atoms with Gasteiger partial charge in [0.25, 0.3) is 5.56 Å². The normalized spacial score (nSPS) is 11.1. The predicted octanol–water partition coefficient (Wildman–Crippen LogP) is 3.18. The molecule has 31 heavy (non-hydrogen) atoms. The van der Waals surface area contributed by atoms with Crippen LogP contribution in [0.1, 0.15) is 26.8 Å². The minimum absolute atomic E-state index is 0.0671. The number of aromatic nitrogens is 3. The van der Waals surface area contributed by atoms with Gasteiger partial charge in [-0.15, -0.1) is 0 Å². The van der Waals surface area contributed by atoms with E-state index < -0.39 is 0 Å². The fourth-order valence-electron chi connectivity index (χ4n) is 2.91. The molecule has 0 aliphatic rings. The van der Waals surface area contributed by atoms with E-state index in [-0.39, 0.29) is 24.1 Å². The molecule has 9 heteroatoms. The summed E-state index contributed by atoms with van der Waals surface area (Å²) in [6.07, 6.45) is 0. The first-order valence-electron chi connectivity index (χ1n) is 10.2. The van der Waals surface area contributed by atoms with Crippen molar-refractivity contribution in [3.63, 3.8) is 0 Å². The number of anilines is 1. The third-order valence-corrected chi connectivity index (χ3v) is 5.37. The number of thiazole rings is 1. The molecule has 164 valence electrons. The summed E-state index contributed by atoms with van der Waals surface area (Å²) >= 11 is 1.34. The summed E-state index contributed by atoms with van der Waals surface area (Å²) in [6, 6.07) is 12.9. The fraction of sp³-hybridized carbons (Fsp3) is 0.364. The van der Waals surface area contributed by atoms with Gasteiger partial charge in [0, 0.05) is 24.8 Å². The van der Waals surface area contributed by atoms with Gasteiger partial charge < -0.3 is 15.4 Å². The van der Waals surface area contributed by atoms with Crippen LogP contribution in [0.15, 0.2) is 47.3 Å². The maximum absolute atomic E-state index is 12.3. The summed E-state index contributed by atoms with van der Waals surface area (Å²) in [4.78, 5) is 29.9. The lowest BCUT2D eigenvalue weighted by Crippen LogP contribution is -2.30. The molecule has 0 atom stereocenters. The third-order valence-electron chi connectivity index (χ3n) is 4.38. The number of hydrogen-bond acceptors (Lipinski definition) is 7. The summed E-state index contributed by atoms with van der Waals surface area (Å²) in [5.74, 6) is -0.184. The van der Waals surface area contributed by atoms with Crippen LogP contribution in [0, 0.1) is 0 Å². The lowest BCUT2D eigenvalue weighted by atomic mass is 10.1. The molecular weight excluding hydrogens is 414 g/mol. The quantitative estimate of drug-likeness (QED) is 0.469. The monoisotopic (exact) mass is 441 g/mol. The summed E-state index contributed by atoms with van der Waals surface area (Å²) in [5, 5.41) is 10.9. The molecule has 0 fully saturated rings. The topological polar surface area (TPSA) is 98.1 Å². The second-order valence-electron chi connectivity index (χ2n) is 7.08. The van der Waals surface area contributed by atoms with Crippen molar-refractivity contribution >= 4 is 22.4 Å². The summed E-state index contributed by atoms with van der Waals surface area (Å²) < 4.78 is 6.70. The molecule has 0 aliphatic heterocycles. The third kappa shape index (κ3) is 6.06. The van der Waals surface area contributed by atoms with E-state index in [1.165, 1.54) is 22.1 Å². The van der Waals surface area contributed by atoms with Crippen molar-refractivity contribution in [2.75, 3.05) is 31.6 Å². The number of amides is 1. The number of carbonyl (C=O) groups is 1. The SMILES string of the molecule is CCOCCNCC(=O)Nc1nc(-c2ccccc2)c(-c2ccc(=O)n(C(C)C)n2)s1. The minimum Gasteiger partial charge on any atom is -0.380 e. The molecule has 3 rings (SSSR count). The van der Waals surface area contributed by atoms with Gasteiger partial charge >= 0.3 is 0 Å². The minimum atomic E-state index is -0.184. The Morgan fingerprint density at radius 2 is 1.97 bits per heavy atom. The number of nitrogens with one attached hydrogen (secondary N) is 2. The molecule has 0 unspecified atom stereocenters. The Balaban J connectivity index is 1.87. The van der Waals surface area contributed by atoms with Crippen molar-refractivity contribution in [1.82, 2.24) is 20.1 Å². The van der Waals surface area contributed by atoms with Crippen LogP contribution in [-0.2, 0) is 9.53 Å². The highest BCUT2D eigenvalue weighted by molar-refractivity contribution is 7.19. The summed E-state index contributed by atoms with van der Waals surface area (Å²) in [6.45, 7) is 7.72. The molecular formula is C22H27N5O3S. The van der Waals surface area contributed by atoms with E-state index in [0.29, 0.717) is 36.3 Å². The average Bonchev–Trinajstić information content (AvgIpc) is 3.18. The molecule has 3 aromatic rings. The Morgan fingerprint density at radius 1 is 1.19 bits per heavy atom. The van der Waals surface area contributed by atoms with Gasteiger partial charge in [0.1, 0.15) is 5.69 Å². The molecule has 0 bridgehead atoms. The lowest BCUT2D eigenvalue weighted by molar-refractivity contribution is -0.115. The van der Waals surface area contributed by atoms with Crippen LogP contribution in [0.5, 0.6) is 0 Å². The number of rotatable bonds is 10. The lowest BCUT2D eigenvalue weighted by Gasteiger charge is -2.09. The number of ether oxygens (including phenoxy) is 1. The zero-order valence-electron chi connectivity index (χ0n) is 17.9. The first-order valence-corrected chi connectivity index (χ1v) is 11.1. The van der Waals surface area contributed by atoms with E-state index in [1.54, 1.807) is 6.07 Å². The van der Waals surface area contributed by atoms with Crippen molar-refractivity contribution in [2.24, 2.45) is 0 Å². The van der Waals surface area contributed by atoms with Crippen molar-refractivity contribution < 1.29 is 9.53 Å². The highest BCUT2D eigenvalue weighted by Gasteiger charge is 2.18. The average molecular weight is 442 g/mol. The van der Waals surface area contributed by atoms with E-state index in [2.05, 4.69) is 20.7 Å². The van der Waals surface area contributed by atoms with Crippen molar-refractivity contribution in [2.45, 2.75) is 26.8 Å². The molecule has 1 amide bonds. The molecule has 1 aromatic carbocycles. The van der Waals surface area contributed by atoms with Crippen molar-refractivity contribution in [1.29, 1.82) is 0 Å². The number of hydrogen-bond donors (Lipinski definition) is 2. The molecule has 0 radical (unpaired) electrons. The van der Waals surface area contributed by atoms with Gasteiger partial charge in [-0.1, -0.05) is 41.7 Å². The Morgan fingerprint density at radius 3 is 2.68 bits per heavy atom. The number of benzene rings is 1. The van der Waals surface area contributed by atoms with Crippen LogP contribution in [0.4, 0.5) is 5.13 Å². The zero-order chi connectivity index (χ0) is 22.2. The molecule has 0 spiro atoms.